The fourth-order valence-corrected chi connectivity index (χ4v) is 3.22. The third kappa shape index (κ3) is 3.80. The molecular formula is C17H26N2. The Kier molecular flexibility index (Phi) is 4.19. The number of benzene rings is 1. The molecule has 1 heterocycles. The molecule has 19 heavy (non-hydrogen) atoms. The van der Waals surface area contributed by atoms with Crippen LogP contribution in [0, 0.1) is 5.92 Å². The van der Waals surface area contributed by atoms with Crippen molar-refractivity contribution in [1.82, 2.24) is 9.80 Å². The van der Waals surface area contributed by atoms with E-state index in [1.807, 2.05) is 0 Å². The summed E-state index contributed by atoms with van der Waals surface area (Å²) in [5, 5.41) is 0. The van der Waals surface area contributed by atoms with Crippen LogP contribution >= 0.6 is 0 Å². The van der Waals surface area contributed by atoms with Gasteiger partial charge in [0.15, 0.2) is 0 Å². The second-order valence-electron chi connectivity index (χ2n) is 6.38. The first-order valence-electron chi connectivity index (χ1n) is 7.78. The SMILES string of the molecule is CN(CC1CC1)C1CCN(Cc2ccccc2)CC1. The lowest BCUT2D eigenvalue weighted by Crippen LogP contribution is -2.43. The van der Waals surface area contributed by atoms with Crippen LogP contribution in [-0.2, 0) is 6.54 Å². The summed E-state index contributed by atoms with van der Waals surface area (Å²) in [6, 6.07) is 11.7. The van der Waals surface area contributed by atoms with Crippen molar-refractivity contribution in [2.45, 2.75) is 38.3 Å². The Bertz CT molecular complexity index is 378. The van der Waals surface area contributed by atoms with Crippen molar-refractivity contribution in [1.29, 1.82) is 0 Å². The first-order chi connectivity index (χ1) is 9.31. The van der Waals surface area contributed by atoms with E-state index in [0.717, 1.165) is 18.5 Å². The van der Waals surface area contributed by atoms with E-state index < -0.39 is 0 Å². The average Bonchev–Trinajstić information content (AvgIpc) is 3.25. The van der Waals surface area contributed by atoms with Gasteiger partial charge in [0.05, 0.1) is 0 Å². The van der Waals surface area contributed by atoms with E-state index in [0.29, 0.717) is 0 Å². The Morgan fingerprint density at radius 3 is 2.37 bits per heavy atom. The van der Waals surface area contributed by atoms with E-state index in [4.69, 9.17) is 0 Å². The van der Waals surface area contributed by atoms with Gasteiger partial charge in [0.1, 0.15) is 0 Å². The van der Waals surface area contributed by atoms with Crippen molar-refractivity contribution in [2.24, 2.45) is 5.92 Å². The van der Waals surface area contributed by atoms with Crippen molar-refractivity contribution < 1.29 is 0 Å². The van der Waals surface area contributed by atoms with Crippen LogP contribution in [-0.4, -0.2) is 42.5 Å². The number of rotatable bonds is 5. The molecule has 3 rings (SSSR count). The monoisotopic (exact) mass is 258 g/mol. The summed E-state index contributed by atoms with van der Waals surface area (Å²) in [5.41, 5.74) is 1.45. The second kappa shape index (κ2) is 6.06. The lowest BCUT2D eigenvalue weighted by molar-refractivity contribution is 0.120. The summed E-state index contributed by atoms with van der Waals surface area (Å²) in [7, 11) is 2.33. The number of hydrogen-bond acceptors (Lipinski definition) is 2. The van der Waals surface area contributed by atoms with Gasteiger partial charge in [-0.1, -0.05) is 30.3 Å². The smallest absolute Gasteiger partial charge is 0.0233 e. The van der Waals surface area contributed by atoms with E-state index >= 15 is 0 Å². The number of nitrogens with zero attached hydrogens (tertiary/aromatic N) is 2. The van der Waals surface area contributed by atoms with Gasteiger partial charge in [-0.25, -0.2) is 0 Å². The predicted octanol–water partition coefficient (Wildman–Crippen LogP) is 2.99. The van der Waals surface area contributed by atoms with Gasteiger partial charge < -0.3 is 4.90 Å². The molecule has 0 atom stereocenters. The third-order valence-electron chi connectivity index (χ3n) is 4.67. The second-order valence-corrected chi connectivity index (χ2v) is 6.38. The molecular weight excluding hydrogens is 232 g/mol. The van der Waals surface area contributed by atoms with Crippen molar-refractivity contribution in [3.8, 4) is 0 Å². The number of piperidine rings is 1. The lowest BCUT2D eigenvalue weighted by atomic mass is 10.0. The summed E-state index contributed by atoms with van der Waals surface area (Å²) < 4.78 is 0. The zero-order valence-electron chi connectivity index (χ0n) is 12.1. The molecule has 0 spiro atoms. The largest absolute Gasteiger partial charge is 0.303 e. The molecule has 0 aromatic heterocycles. The number of likely N-dealkylation sites (tertiary alicyclic amines) is 1. The van der Waals surface area contributed by atoms with Crippen molar-refractivity contribution in [3.05, 3.63) is 35.9 Å². The van der Waals surface area contributed by atoms with Crippen LogP contribution in [0.5, 0.6) is 0 Å². The van der Waals surface area contributed by atoms with Crippen molar-refractivity contribution >= 4 is 0 Å². The molecule has 104 valence electrons. The van der Waals surface area contributed by atoms with Gasteiger partial charge in [-0.3, -0.25) is 4.90 Å². The Morgan fingerprint density at radius 1 is 1.05 bits per heavy atom. The van der Waals surface area contributed by atoms with E-state index in [-0.39, 0.29) is 0 Å². The van der Waals surface area contributed by atoms with E-state index in [1.54, 1.807) is 0 Å². The normalized spacial score (nSPS) is 22.0. The van der Waals surface area contributed by atoms with Crippen LogP contribution in [0.25, 0.3) is 0 Å². The molecule has 2 aliphatic rings. The molecule has 2 heteroatoms. The molecule has 0 N–H and O–H groups in total. The van der Waals surface area contributed by atoms with Gasteiger partial charge in [0, 0.05) is 19.1 Å². The van der Waals surface area contributed by atoms with Gasteiger partial charge >= 0.3 is 0 Å². The Morgan fingerprint density at radius 2 is 1.74 bits per heavy atom. The molecule has 0 bridgehead atoms. The first kappa shape index (κ1) is 13.1. The molecule has 0 radical (unpaired) electrons. The molecule has 0 unspecified atom stereocenters. The van der Waals surface area contributed by atoms with Crippen LogP contribution < -0.4 is 0 Å². The van der Waals surface area contributed by atoms with E-state index in [1.165, 1.54) is 50.9 Å². The molecule has 1 aromatic rings. The predicted molar refractivity (Wildman–Crippen MR) is 80.1 cm³/mol. The quantitative estimate of drug-likeness (QED) is 0.801. The highest BCUT2D eigenvalue weighted by atomic mass is 15.2. The van der Waals surface area contributed by atoms with E-state index in [9.17, 15) is 0 Å². The molecule has 0 amide bonds. The highest BCUT2D eigenvalue weighted by Gasteiger charge is 2.28. The summed E-state index contributed by atoms with van der Waals surface area (Å²) in [5.74, 6) is 1.02. The van der Waals surface area contributed by atoms with Gasteiger partial charge in [-0.05, 0) is 57.3 Å². The summed E-state index contributed by atoms with van der Waals surface area (Å²) >= 11 is 0. The van der Waals surface area contributed by atoms with Gasteiger partial charge in [0.2, 0.25) is 0 Å². The van der Waals surface area contributed by atoms with Crippen LogP contribution in [0.3, 0.4) is 0 Å². The zero-order chi connectivity index (χ0) is 13.1. The molecule has 1 aromatic carbocycles. The van der Waals surface area contributed by atoms with Gasteiger partial charge in [0.25, 0.3) is 0 Å². The number of hydrogen-bond donors (Lipinski definition) is 0. The topological polar surface area (TPSA) is 6.48 Å². The summed E-state index contributed by atoms with van der Waals surface area (Å²) in [4.78, 5) is 5.23. The van der Waals surface area contributed by atoms with Crippen molar-refractivity contribution in [3.63, 3.8) is 0 Å². The fraction of sp³-hybridized carbons (Fsp3) is 0.647. The minimum Gasteiger partial charge on any atom is -0.303 e. The van der Waals surface area contributed by atoms with Gasteiger partial charge in [-0.2, -0.15) is 0 Å². The van der Waals surface area contributed by atoms with Crippen LogP contribution in [0.15, 0.2) is 30.3 Å². The zero-order valence-corrected chi connectivity index (χ0v) is 12.1. The fourth-order valence-electron chi connectivity index (χ4n) is 3.22. The Hall–Kier alpha value is -0.860. The minimum absolute atomic E-state index is 0.827. The lowest BCUT2D eigenvalue weighted by Gasteiger charge is -2.36. The maximum atomic E-state index is 2.62. The highest BCUT2D eigenvalue weighted by molar-refractivity contribution is 5.14. The highest BCUT2D eigenvalue weighted by Crippen LogP contribution is 2.30. The Balaban J connectivity index is 1.43. The van der Waals surface area contributed by atoms with Crippen LogP contribution in [0.4, 0.5) is 0 Å². The molecule has 2 nitrogen and oxygen atoms in total. The molecule has 1 aliphatic carbocycles. The molecule has 1 saturated heterocycles. The summed E-state index contributed by atoms with van der Waals surface area (Å²) in [6.07, 6.45) is 5.63. The molecule has 1 saturated carbocycles. The molecule has 1 aliphatic heterocycles. The van der Waals surface area contributed by atoms with Gasteiger partial charge in [-0.15, -0.1) is 0 Å². The summed E-state index contributed by atoms with van der Waals surface area (Å²) in [6.45, 7) is 4.98. The maximum Gasteiger partial charge on any atom is 0.0233 e. The molecule has 2 fully saturated rings. The van der Waals surface area contributed by atoms with E-state index in [2.05, 4.69) is 47.2 Å². The minimum atomic E-state index is 0.827. The average molecular weight is 258 g/mol. The van der Waals surface area contributed by atoms with Crippen LogP contribution in [0.1, 0.15) is 31.2 Å². The standard InChI is InChI=1S/C17H26N2/c1-18(13-16-7-8-16)17-9-11-19(12-10-17)14-15-5-3-2-4-6-15/h2-6,16-17H,7-14H2,1H3. The third-order valence-corrected chi connectivity index (χ3v) is 4.67. The van der Waals surface area contributed by atoms with Crippen LogP contribution in [0.2, 0.25) is 0 Å². The Labute approximate surface area is 117 Å². The van der Waals surface area contributed by atoms with Crippen molar-refractivity contribution in [2.75, 3.05) is 26.7 Å². The maximum absolute atomic E-state index is 2.62. The first-order valence-corrected chi connectivity index (χ1v) is 7.78.